The fourth-order valence-corrected chi connectivity index (χ4v) is 6.11. The van der Waals surface area contributed by atoms with Gasteiger partial charge in [0.1, 0.15) is 24.1 Å². The smallest absolute Gasteiger partial charge is 0.262 e. The fourth-order valence-electron chi connectivity index (χ4n) is 5.05. The van der Waals surface area contributed by atoms with Gasteiger partial charge in [-0.2, -0.15) is 0 Å². The molecule has 0 bridgehead atoms. The average Bonchev–Trinajstić information content (AvgIpc) is 3.20. The topological polar surface area (TPSA) is 103 Å². The number of carbonyl (C=O) groups excluding carboxylic acids is 2. The van der Waals surface area contributed by atoms with Crippen LogP contribution < -0.4 is 20.3 Å². The number of carbonyl (C=O) groups is 2. The number of amides is 2. The Morgan fingerprint density at radius 1 is 1.17 bits per heavy atom. The molecule has 4 heterocycles. The Bertz CT molecular complexity index is 1360. The van der Waals surface area contributed by atoms with Gasteiger partial charge in [-0.1, -0.05) is 26.0 Å². The molecule has 1 N–H and O–H groups in total. The number of nitrogens with zero attached hydrogens (tertiary/aromatic N) is 3. The third-order valence-corrected chi connectivity index (χ3v) is 7.91. The number of rotatable bonds is 5. The lowest BCUT2D eigenvalue weighted by Crippen LogP contribution is -2.44. The predicted molar refractivity (Wildman–Crippen MR) is 137 cm³/mol. The lowest BCUT2D eigenvalue weighted by Gasteiger charge is -2.35. The van der Waals surface area contributed by atoms with E-state index in [1.165, 1.54) is 22.2 Å². The van der Waals surface area contributed by atoms with Gasteiger partial charge in [-0.15, -0.1) is 11.3 Å². The van der Waals surface area contributed by atoms with Crippen LogP contribution in [-0.4, -0.2) is 58.6 Å². The number of aryl methyl sites for hydroxylation is 1. The Hall–Kier alpha value is -3.40. The maximum Gasteiger partial charge on any atom is 0.262 e. The average molecular weight is 511 g/mol. The number of aromatic nitrogens is 2. The molecule has 190 valence electrons. The van der Waals surface area contributed by atoms with Crippen LogP contribution in [0, 0.1) is 18.8 Å². The quantitative estimate of drug-likeness (QED) is 0.566. The molecule has 0 spiro atoms. The van der Waals surface area contributed by atoms with Crippen molar-refractivity contribution < 1.29 is 19.1 Å². The van der Waals surface area contributed by atoms with Crippen LogP contribution >= 0.6 is 11.3 Å². The summed E-state index contributed by atoms with van der Waals surface area (Å²) in [5.41, 5.74) is 0.262. The van der Waals surface area contributed by atoms with Crippen molar-refractivity contribution in [2.75, 3.05) is 26.2 Å². The van der Waals surface area contributed by atoms with E-state index in [9.17, 15) is 14.4 Å². The summed E-state index contributed by atoms with van der Waals surface area (Å²) in [6.07, 6.45) is 2.19. The first-order chi connectivity index (χ1) is 17.3. The largest absolute Gasteiger partial charge is 0.486 e. The molecule has 2 aliphatic heterocycles. The number of piperidine rings is 1. The lowest BCUT2D eigenvalue weighted by atomic mass is 9.92. The van der Waals surface area contributed by atoms with Crippen LogP contribution in [0.15, 0.2) is 35.4 Å². The molecule has 2 aromatic heterocycles. The summed E-state index contributed by atoms with van der Waals surface area (Å²) in [7, 11) is 0. The first-order valence-electron chi connectivity index (χ1n) is 12.2. The highest BCUT2D eigenvalue weighted by atomic mass is 32.1. The van der Waals surface area contributed by atoms with Gasteiger partial charge in [-0.05, 0) is 42.9 Å². The normalized spacial score (nSPS) is 21.4. The maximum atomic E-state index is 13.2. The number of nitrogens with one attached hydrogen (secondary N) is 1. The Labute approximate surface area is 213 Å². The summed E-state index contributed by atoms with van der Waals surface area (Å²) >= 11 is 1.17. The minimum Gasteiger partial charge on any atom is -0.486 e. The van der Waals surface area contributed by atoms with Crippen LogP contribution in [0.25, 0.3) is 10.2 Å². The minimum absolute atomic E-state index is 0.0570. The van der Waals surface area contributed by atoms with Crippen LogP contribution in [0.4, 0.5) is 0 Å². The summed E-state index contributed by atoms with van der Waals surface area (Å²) in [4.78, 5) is 46.3. The summed E-state index contributed by atoms with van der Waals surface area (Å²) in [6.45, 7) is 7.98. The molecule has 5 rings (SSSR count). The van der Waals surface area contributed by atoms with E-state index in [0.717, 1.165) is 6.42 Å². The van der Waals surface area contributed by atoms with Gasteiger partial charge < -0.3 is 19.7 Å². The molecule has 3 aromatic rings. The number of likely N-dealkylation sites (tertiary alicyclic amines) is 1. The van der Waals surface area contributed by atoms with Crippen molar-refractivity contribution in [1.29, 1.82) is 0 Å². The van der Waals surface area contributed by atoms with Gasteiger partial charge in [-0.25, -0.2) is 4.98 Å². The van der Waals surface area contributed by atoms with Gasteiger partial charge in [0.25, 0.3) is 11.5 Å². The van der Waals surface area contributed by atoms with Crippen LogP contribution in [0.2, 0.25) is 0 Å². The third-order valence-electron chi connectivity index (χ3n) is 6.71. The van der Waals surface area contributed by atoms with E-state index in [0.29, 0.717) is 63.7 Å². The summed E-state index contributed by atoms with van der Waals surface area (Å²) in [5, 5.41) is 3.27. The number of thiophene rings is 1. The van der Waals surface area contributed by atoms with Gasteiger partial charge in [0, 0.05) is 13.1 Å². The highest BCUT2D eigenvalue weighted by Gasteiger charge is 2.27. The second-order valence-electron chi connectivity index (χ2n) is 9.87. The van der Waals surface area contributed by atoms with Crippen LogP contribution in [0.3, 0.4) is 0 Å². The fraction of sp³-hybridized carbons (Fsp3) is 0.462. The predicted octanol–water partition coefficient (Wildman–Crippen LogP) is 2.84. The van der Waals surface area contributed by atoms with E-state index in [1.54, 1.807) is 6.92 Å². The minimum atomic E-state index is -0.319. The van der Waals surface area contributed by atoms with Crippen LogP contribution in [0.1, 0.15) is 35.5 Å². The second kappa shape index (κ2) is 9.93. The van der Waals surface area contributed by atoms with E-state index < -0.39 is 0 Å². The monoisotopic (exact) mass is 510 g/mol. The summed E-state index contributed by atoms with van der Waals surface area (Å²) in [6, 6.07) is 7.41. The highest BCUT2D eigenvalue weighted by molar-refractivity contribution is 7.20. The summed E-state index contributed by atoms with van der Waals surface area (Å²) in [5.74, 6) is 1.83. The Balaban J connectivity index is 1.28. The van der Waals surface area contributed by atoms with Gasteiger partial charge in [0.15, 0.2) is 11.5 Å². The van der Waals surface area contributed by atoms with Crippen molar-refractivity contribution in [2.24, 2.45) is 11.8 Å². The molecule has 1 saturated heterocycles. The molecule has 36 heavy (non-hydrogen) atoms. The zero-order valence-electron chi connectivity index (χ0n) is 20.7. The number of fused-ring (bicyclic) bond motifs is 2. The van der Waals surface area contributed by atoms with E-state index in [4.69, 9.17) is 9.47 Å². The van der Waals surface area contributed by atoms with Crippen LogP contribution in [0.5, 0.6) is 11.5 Å². The van der Waals surface area contributed by atoms with E-state index in [2.05, 4.69) is 24.1 Å². The second-order valence-corrected chi connectivity index (χ2v) is 10.9. The van der Waals surface area contributed by atoms with Crippen molar-refractivity contribution in [3.8, 4) is 11.5 Å². The van der Waals surface area contributed by atoms with Gasteiger partial charge in [0.05, 0.1) is 23.1 Å². The molecule has 0 aliphatic carbocycles. The Morgan fingerprint density at radius 2 is 1.89 bits per heavy atom. The van der Waals surface area contributed by atoms with E-state index >= 15 is 0 Å². The van der Waals surface area contributed by atoms with Crippen molar-refractivity contribution in [1.82, 2.24) is 19.8 Å². The number of hydrogen-bond donors (Lipinski definition) is 1. The Morgan fingerprint density at radius 3 is 2.64 bits per heavy atom. The molecule has 2 amide bonds. The summed E-state index contributed by atoms with van der Waals surface area (Å²) < 4.78 is 13.0. The lowest BCUT2D eigenvalue weighted by molar-refractivity contribution is -0.134. The molecular formula is C26H30N4O5S. The molecule has 2 aliphatic rings. The van der Waals surface area contributed by atoms with Crippen LogP contribution in [-0.2, 0) is 11.3 Å². The number of hydrogen-bond acceptors (Lipinski definition) is 7. The number of benzene rings is 1. The van der Waals surface area contributed by atoms with Crippen molar-refractivity contribution >= 4 is 33.4 Å². The maximum absolute atomic E-state index is 13.2. The van der Waals surface area contributed by atoms with E-state index in [1.807, 2.05) is 29.2 Å². The van der Waals surface area contributed by atoms with E-state index in [-0.39, 0.29) is 36.6 Å². The number of ether oxygens (including phenoxy) is 2. The SMILES string of the molecule is Cc1c(C(=O)NC[C@@H]2COc3ccccc3O2)sc2ncn(CC(=O)N3C[C@H](C)C[C@H](C)C3)c(=O)c12. The zero-order valence-corrected chi connectivity index (χ0v) is 21.5. The highest BCUT2D eigenvalue weighted by Crippen LogP contribution is 2.31. The van der Waals surface area contributed by atoms with Gasteiger partial charge in [0.2, 0.25) is 5.91 Å². The third kappa shape index (κ3) is 4.82. The van der Waals surface area contributed by atoms with Gasteiger partial charge >= 0.3 is 0 Å². The number of para-hydroxylation sites is 2. The van der Waals surface area contributed by atoms with Crippen molar-refractivity contribution in [3.05, 3.63) is 51.4 Å². The Kier molecular flexibility index (Phi) is 6.70. The molecule has 0 unspecified atom stereocenters. The molecule has 0 radical (unpaired) electrons. The molecular weight excluding hydrogens is 480 g/mol. The first-order valence-corrected chi connectivity index (χ1v) is 13.0. The van der Waals surface area contributed by atoms with Gasteiger partial charge in [-0.3, -0.25) is 19.0 Å². The molecule has 1 aromatic carbocycles. The standard InChI is InChI=1S/C26H30N4O5S/c1-15-8-16(2)11-29(10-15)21(31)12-30-14-28-25-22(26(30)33)17(3)23(36-25)24(32)27-9-18-13-34-19-6-4-5-7-20(19)35-18/h4-7,14-16,18H,8-13H2,1-3H3,(H,27,32)/t15-,16+,18-/m1/s1. The molecule has 1 fully saturated rings. The van der Waals surface area contributed by atoms with Crippen molar-refractivity contribution in [3.63, 3.8) is 0 Å². The first kappa shape index (κ1) is 24.3. The van der Waals surface area contributed by atoms with Crippen molar-refractivity contribution in [2.45, 2.75) is 39.8 Å². The zero-order chi connectivity index (χ0) is 25.4. The molecule has 9 nitrogen and oxygen atoms in total. The molecule has 0 saturated carbocycles. The molecule has 10 heteroatoms. The molecule has 3 atom stereocenters.